The second kappa shape index (κ2) is 7.22. The number of hydrogen-bond donors (Lipinski definition) is 2. The number of amides is 1. The van der Waals surface area contributed by atoms with Crippen LogP contribution in [0.25, 0.3) is 0 Å². The Balaban J connectivity index is 1.63. The fourth-order valence-electron chi connectivity index (χ4n) is 3.02. The molecule has 2 N–H and O–H groups in total. The average Bonchev–Trinajstić information content (AvgIpc) is 2.47. The lowest BCUT2D eigenvalue weighted by Gasteiger charge is -2.46. The molecular weight excluding hydrogens is 274 g/mol. The van der Waals surface area contributed by atoms with Gasteiger partial charge in [-0.25, -0.2) is 0 Å². The highest BCUT2D eigenvalue weighted by Gasteiger charge is 2.41. The van der Waals surface area contributed by atoms with Crippen LogP contribution in [-0.2, 0) is 19.1 Å². The van der Waals surface area contributed by atoms with Crippen LogP contribution in [0.3, 0.4) is 0 Å². The minimum absolute atomic E-state index is 0.0530. The van der Waals surface area contributed by atoms with Gasteiger partial charge in [0.1, 0.15) is 0 Å². The molecule has 2 aliphatic heterocycles. The van der Waals surface area contributed by atoms with E-state index >= 15 is 0 Å². The van der Waals surface area contributed by atoms with Crippen molar-refractivity contribution in [2.45, 2.75) is 57.7 Å². The van der Waals surface area contributed by atoms with Gasteiger partial charge in [-0.05, 0) is 32.6 Å². The normalized spacial score (nSPS) is 29.1. The zero-order valence-electron chi connectivity index (χ0n) is 12.6. The summed E-state index contributed by atoms with van der Waals surface area (Å²) in [6, 6.07) is 0. The van der Waals surface area contributed by atoms with E-state index in [-0.39, 0.29) is 36.8 Å². The van der Waals surface area contributed by atoms with Gasteiger partial charge in [0.2, 0.25) is 5.91 Å². The summed E-state index contributed by atoms with van der Waals surface area (Å²) in [5.74, 6) is -1.07. The van der Waals surface area contributed by atoms with Crippen LogP contribution in [0.2, 0.25) is 0 Å². The summed E-state index contributed by atoms with van der Waals surface area (Å²) in [6.07, 6.45) is 5.03. The molecule has 0 aromatic heterocycles. The largest absolute Gasteiger partial charge is 0.481 e. The Labute approximate surface area is 125 Å². The number of carboxylic acids is 1. The number of ether oxygens (including phenoxy) is 2. The van der Waals surface area contributed by atoms with E-state index in [1.54, 1.807) is 0 Å². The third kappa shape index (κ3) is 4.97. The van der Waals surface area contributed by atoms with Crippen molar-refractivity contribution in [2.24, 2.45) is 5.41 Å². The molecule has 1 unspecified atom stereocenters. The molecule has 120 valence electrons. The molecule has 3 aliphatic rings. The number of aliphatic carboxylic acids is 1. The summed E-state index contributed by atoms with van der Waals surface area (Å²) in [5, 5.41) is 11.1. The van der Waals surface area contributed by atoms with Crippen LogP contribution in [0.1, 0.15) is 45.4 Å². The fourth-order valence-corrected chi connectivity index (χ4v) is 3.02. The number of carboxylic acid groups (broad SMARTS) is 1. The van der Waals surface area contributed by atoms with E-state index in [4.69, 9.17) is 14.6 Å². The zero-order chi connectivity index (χ0) is 15.3. The number of hydrogen-bond acceptors (Lipinski definition) is 4. The first kappa shape index (κ1) is 16.2. The van der Waals surface area contributed by atoms with Crippen molar-refractivity contribution in [3.63, 3.8) is 0 Å². The van der Waals surface area contributed by atoms with Gasteiger partial charge in [0.05, 0.1) is 38.3 Å². The van der Waals surface area contributed by atoms with E-state index < -0.39 is 5.97 Å². The monoisotopic (exact) mass is 299 g/mol. The SMILES string of the molecule is CC(CC(=O)NCCC(=O)O)OCC12CCC(CC1)OC2. The van der Waals surface area contributed by atoms with Gasteiger partial charge in [0, 0.05) is 12.0 Å². The van der Waals surface area contributed by atoms with Crippen LogP contribution >= 0.6 is 0 Å². The van der Waals surface area contributed by atoms with Crippen LogP contribution in [0.5, 0.6) is 0 Å². The minimum Gasteiger partial charge on any atom is -0.481 e. The molecule has 1 saturated carbocycles. The Morgan fingerprint density at radius 3 is 2.71 bits per heavy atom. The topological polar surface area (TPSA) is 84.9 Å². The molecule has 6 heteroatoms. The third-order valence-electron chi connectivity index (χ3n) is 4.43. The van der Waals surface area contributed by atoms with E-state index in [0.717, 1.165) is 32.3 Å². The van der Waals surface area contributed by atoms with Gasteiger partial charge < -0.3 is 19.9 Å². The Bertz CT molecular complexity index is 362. The molecule has 0 spiro atoms. The maximum Gasteiger partial charge on any atom is 0.305 e. The molecule has 2 bridgehead atoms. The smallest absolute Gasteiger partial charge is 0.305 e. The van der Waals surface area contributed by atoms with Gasteiger partial charge in [-0.3, -0.25) is 9.59 Å². The Kier molecular flexibility index (Phi) is 5.58. The van der Waals surface area contributed by atoms with Crippen LogP contribution in [0.15, 0.2) is 0 Å². The van der Waals surface area contributed by atoms with Gasteiger partial charge in [-0.15, -0.1) is 0 Å². The molecule has 1 atom stereocenters. The van der Waals surface area contributed by atoms with E-state index in [9.17, 15) is 9.59 Å². The van der Waals surface area contributed by atoms with E-state index in [2.05, 4.69) is 5.32 Å². The molecule has 2 heterocycles. The lowest BCUT2D eigenvalue weighted by atomic mass is 9.72. The summed E-state index contributed by atoms with van der Waals surface area (Å²) in [6.45, 7) is 3.46. The first-order valence-corrected chi connectivity index (χ1v) is 7.71. The van der Waals surface area contributed by atoms with E-state index in [1.807, 2.05) is 6.92 Å². The first-order chi connectivity index (χ1) is 9.99. The molecule has 1 amide bonds. The fraction of sp³-hybridized carbons (Fsp3) is 0.867. The molecule has 3 rings (SSSR count). The van der Waals surface area contributed by atoms with Gasteiger partial charge in [-0.2, -0.15) is 0 Å². The standard InChI is InChI=1S/C15H25NO5/c1-11(8-13(17)16-7-4-14(18)19)20-9-15-5-2-12(3-6-15)21-10-15/h11-12H,2-10H2,1H3,(H,16,17)(H,18,19). The quantitative estimate of drug-likeness (QED) is 0.706. The summed E-state index contributed by atoms with van der Waals surface area (Å²) < 4.78 is 11.6. The number of rotatable bonds is 8. The number of carbonyl (C=O) groups is 2. The lowest BCUT2D eigenvalue weighted by molar-refractivity contribution is -0.150. The predicted octanol–water partition coefficient (Wildman–Crippen LogP) is 1.33. The maximum atomic E-state index is 11.6. The van der Waals surface area contributed by atoms with Crippen molar-refractivity contribution in [3.05, 3.63) is 0 Å². The van der Waals surface area contributed by atoms with Crippen molar-refractivity contribution in [1.82, 2.24) is 5.32 Å². The summed E-state index contributed by atoms with van der Waals surface area (Å²) in [4.78, 5) is 22.0. The van der Waals surface area contributed by atoms with Gasteiger partial charge >= 0.3 is 5.97 Å². The summed E-state index contributed by atoms with van der Waals surface area (Å²) in [7, 11) is 0. The lowest BCUT2D eigenvalue weighted by Crippen LogP contribution is -2.46. The molecule has 0 aromatic carbocycles. The van der Waals surface area contributed by atoms with Crippen molar-refractivity contribution >= 4 is 11.9 Å². The van der Waals surface area contributed by atoms with Crippen LogP contribution in [0.4, 0.5) is 0 Å². The average molecular weight is 299 g/mol. The number of nitrogens with one attached hydrogen (secondary N) is 1. The second-order valence-electron chi connectivity index (χ2n) is 6.33. The van der Waals surface area contributed by atoms with E-state index in [1.165, 1.54) is 0 Å². The molecule has 0 radical (unpaired) electrons. The molecule has 0 aromatic rings. The predicted molar refractivity (Wildman–Crippen MR) is 75.9 cm³/mol. The van der Waals surface area contributed by atoms with E-state index in [0.29, 0.717) is 12.7 Å². The third-order valence-corrected chi connectivity index (χ3v) is 4.43. The van der Waals surface area contributed by atoms with Crippen molar-refractivity contribution in [3.8, 4) is 0 Å². The summed E-state index contributed by atoms with van der Waals surface area (Å²) >= 11 is 0. The van der Waals surface area contributed by atoms with Gasteiger partial charge in [-0.1, -0.05) is 0 Å². The van der Waals surface area contributed by atoms with Crippen molar-refractivity contribution in [1.29, 1.82) is 0 Å². The van der Waals surface area contributed by atoms with Crippen LogP contribution < -0.4 is 5.32 Å². The number of carbonyl (C=O) groups excluding carboxylic acids is 1. The van der Waals surface area contributed by atoms with Crippen molar-refractivity contribution < 1.29 is 24.2 Å². The highest BCUT2D eigenvalue weighted by atomic mass is 16.5. The maximum absolute atomic E-state index is 11.6. The highest BCUT2D eigenvalue weighted by Crippen LogP contribution is 2.43. The summed E-state index contributed by atoms with van der Waals surface area (Å²) in [5.41, 5.74) is 0.142. The Morgan fingerprint density at radius 2 is 2.14 bits per heavy atom. The Morgan fingerprint density at radius 1 is 1.43 bits per heavy atom. The minimum atomic E-state index is -0.911. The molecule has 3 fully saturated rings. The molecule has 6 nitrogen and oxygen atoms in total. The van der Waals surface area contributed by atoms with Crippen LogP contribution in [-0.4, -0.2) is 48.9 Å². The molecule has 1 aliphatic carbocycles. The number of fused-ring (bicyclic) bond motifs is 3. The molecular formula is C15H25NO5. The second-order valence-corrected chi connectivity index (χ2v) is 6.33. The van der Waals surface area contributed by atoms with Crippen LogP contribution in [0, 0.1) is 5.41 Å². The van der Waals surface area contributed by atoms with Gasteiger partial charge in [0.15, 0.2) is 0 Å². The Hall–Kier alpha value is -1.14. The first-order valence-electron chi connectivity index (χ1n) is 7.71. The molecule has 21 heavy (non-hydrogen) atoms. The highest BCUT2D eigenvalue weighted by molar-refractivity contribution is 5.77. The zero-order valence-corrected chi connectivity index (χ0v) is 12.6. The molecule has 2 saturated heterocycles. The van der Waals surface area contributed by atoms with Crippen molar-refractivity contribution in [2.75, 3.05) is 19.8 Å². The van der Waals surface area contributed by atoms with Gasteiger partial charge in [0.25, 0.3) is 0 Å².